The van der Waals surface area contributed by atoms with Crippen molar-refractivity contribution in [2.75, 3.05) is 34.0 Å². The Morgan fingerprint density at radius 3 is 2.28 bits per heavy atom. The molecule has 264 valence electrons. The zero-order valence-electron chi connectivity index (χ0n) is 28.1. The summed E-state index contributed by atoms with van der Waals surface area (Å²) in [7, 11) is 2.93. The van der Waals surface area contributed by atoms with Gasteiger partial charge in [0, 0.05) is 15.7 Å². The van der Waals surface area contributed by atoms with Gasteiger partial charge in [0.15, 0.2) is 29.6 Å². The van der Waals surface area contributed by atoms with Crippen molar-refractivity contribution < 1.29 is 47.6 Å². The third-order valence-corrected chi connectivity index (χ3v) is 7.61. The molecule has 3 aromatic rings. The fraction of sp³-hybridized carbons (Fsp3) is 0.286. The molecule has 14 nitrogen and oxygen atoms in total. The van der Waals surface area contributed by atoms with Gasteiger partial charge in [0.05, 0.1) is 50.8 Å². The highest BCUT2D eigenvalue weighted by atomic mass is 79.9. The minimum Gasteiger partial charge on any atom is -0.493 e. The number of carbonyl (C=O) groups excluding carboxylic acids is 4. The number of urea groups is 1. The van der Waals surface area contributed by atoms with Crippen LogP contribution in [0.5, 0.6) is 23.0 Å². The monoisotopic (exact) mass is 752 g/mol. The Morgan fingerprint density at radius 1 is 0.900 bits per heavy atom. The first-order valence-corrected chi connectivity index (χ1v) is 16.2. The molecule has 1 atom stereocenters. The third-order valence-electron chi connectivity index (χ3n) is 7.15. The van der Waals surface area contributed by atoms with Gasteiger partial charge in [-0.3, -0.25) is 4.79 Å². The molecule has 0 aromatic heterocycles. The molecule has 3 N–H and O–H groups in total. The maximum atomic E-state index is 12.7. The number of allylic oxidation sites excluding steroid dienone is 1. The second kappa shape index (κ2) is 17.7. The maximum Gasteiger partial charge on any atom is 0.338 e. The Labute approximate surface area is 297 Å². The second-order valence-corrected chi connectivity index (χ2v) is 11.4. The highest BCUT2D eigenvalue weighted by Crippen LogP contribution is 2.36. The van der Waals surface area contributed by atoms with Crippen LogP contribution in [0.2, 0.25) is 0 Å². The summed E-state index contributed by atoms with van der Waals surface area (Å²) in [6.07, 6.45) is 1.41. The summed E-state index contributed by atoms with van der Waals surface area (Å²) in [5.41, 5.74) is 5.33. The normalized spacial score (nSPS) is 14.0. The van der Waals surface area contributed by atoms with Crippen molar-refractivity contribution in [2.45, 2.75) is 33.4 Å². The van der Waals surface area contributed by atoms with E-state index in [0.717, 1.165) is 5.56 Å². The van der Waals surface area contributed by atoms with Crippen LogP contribution >= 0.6 is 15.9 Å². The molecule has 1 aliphatic heterocycles. The number of benzene rings is 3. The lowest BCUT2D eigenvalue weighted by molar-refractivity contribution is -0.139. The predicted octanol–water partition coefficient (Wildman–Crippen LogP) is 4.94. The molecule has 3 aromatic carbocycles. The zero-order chi connectivity index (χ0) is 36.2. The quantitative estimate of drug-likeness (QED) is 0.110. The lowest BCUT2D eigenvalue weighted by atomic mass is 9.95. The molecule has 0 aliphatic carbocycles. The molecule has 0 spiro atoms. The summed E-state index contributed by atoms with van der Waals surface area (Å²) < 4.78 is 33.7. The summed E-state index contributed by atoms with van der Waals surface area (Å²) >= 11 is 3.45. The molecule has 3 amide bonds. The molecule has 4 rings (SSSR count). The second-order valence-electron chi connectivity index (χ2n) is 10.5. The summed E-state index contributed by atoms with van der Waals surface area (Å²) in [6.45, 7) is 5.26. The molecule has 0 radical (unpaired) electrons. The van der Waals surface area contributed by atoms with Crippen molar-refractivity contribution in [2.24, 2.45) is 5.10 Å². The molecule has 1 aliphatic rings. The summed E-state index contributed by atoms with van der Waals surface area (Å²) in [6, 6.07) is 13.9. The number of nitrogens with one attached hydrogen (secondary N) is 3. The first-order chi connectivity index (χ1) is 24.1. The number of amides is 3. The number of hydrogen-bond acceptors (Lipinski definition) is 11. The van der Waals surface area contributed by atoms with E-state index in [-0.39, 0.29) is 36.9 Å². The molecule has 50 heavy (non-hydrogen) atoms. The molecule has 0 saturated carbocycles. The van der Waals surface area contributed by atoms with Gasteiger partial charge in [0.1, 0.15) is 6.61 Å². The summed E-state index contributed by atoms with van der Waals surface area (Å²) in [5.74, 6) is -0.209. The lowest BCUT2D eigenvalue weighted by Crippen LogP contribution is -2.45. The van der Waals surface area contributed by atoms with Crippen LogP contribution in [0, 0.1) is 0 Å². The number of methoxy groups -OCH3 is 2. The van der Waals surface area contributed by atoms with E-state index in [1.807, 2.05) is 0 Å². The van der Waals surface area contributed by atoms with Gasteiger partial charge in [0.25, 0.3) is 5.91 Å². The van der Waals surface area contributed by atoms with Crippen molar-refractivity contribution in [3.05, 3.63) is 92.6 Å². The van der Waals surface area contributed by atoms with Crippen LogP contribution in [0.4, 0.5) is 4.79 Å². The van der Waals surface area contributed by atoms with Gasteiger partial charge in [-0.1, -0.05) is 34.1 Å². The Morgan fingerprint density at radius 2 is 1.60 bits per heavy atom. The molecular weight excluding hydrogens is 716 g/mol. The number of rotatable bonds is 15. The van der Waals surface area contributed by atoms with Crippen LogP contribution in [0.15, 0.2) is 75.4 Å². The van der Waals surface area contributed by atoms with Crippen molar-refractivity contribution in [1.29, 1.82) is 0 Å². The van der Waals surface area contributed by atoms with Crippen LogP contribution in [0.3, 0.4) is 0 Å². The van der Waals surface area contributed by atoms with Gasteiger partial charge in [-0.15, -0.1) is 0 Å². The third kappa shape index (κ3) is 9.53. The van der Waals surface area contributed by atoms with Crippen LogP contribution in [-0.4, -0.2) is 64.1 Å². The first-order valence-electron chi connectivity index (χ1n) is 15.4. The minimum absolute atomic E-state index is 0.160. The van der Waals surface area contributed by atoms with Gasteiger partial charge >= 0.3 is 18.0 Å². The Hall–Kier alpha value is -5.57. The van der Waals surface area contributed by atoms with Crippen LogP contribution in [-0.2, 0) is 25.7 Å². The van der Waals surface area contributed by atoms with E-state index < -0.39 is 36.5 Å². The van der Waals surface area contributed by atoms with Gasteiger partial charge in [0.2, 0.25) is 0 Å². The van der Waals surface area contributed by atoms with E-state index in [0.29, 0.717) is 38.4 Å². The number of hydrogen-bond donors (Lipinski definition) is 3. The average molecular weight is 754 g/mol. The molecule has 0 unspecified atom stereocenters. The molecule has 0 saturated heterocycles. The fourth-order valence-corrected chi connectivity index (χ4v) is 5.31. The van der Waals surface area contributed by atoms with Crippen molar-refractivity contribution in [3.8, 4) is 23.0 Å². The first kappa shape index (κ1) is 37.3. The van der Waals surface area contributed by atoms with Gasteiger partial charge in [-0.2, -0.15) is 5.10 Å². The maximum absolute atomic E-state index is 12.7. The van der Waals surface area contributed by atoms with Crippen molar-refractivity contribution in [3.63, 3.8) is 0 Å². The SMILES string of the molecule is CCOC(=O)C1=C(C)NC(=O)N[C@H]1c1ccc(OCC(=O)N/N=C/c2cc(Br)cc(OC)c2OCc2ccc(C(=O)OCC)cc2)c(OC)c1. The smallest absolute Gasteiger partial charge is 0.338 e. The number of ether oxygens (including phenoxy) is 6. The van der Waals surface area contributed by atoms with Crippen molar-refractivity contribution >= 4 is 46.0 Å². The number of halogens is 1. The summed E-state index contributed by atoms with van der Waals surface area (Å²) in [4.78, 5) is 49.5. The highest BCUT2D eigenvalue weighted by molar-refractivity contribution is 9.10. The molecule has 1 heterocycles. The van der Waals surface area contributed by atoms with E-state index in [9.17, 15) is 19.2 Å². The standard InChI is InChI=1S/C35H37BrN4O10/c1-6-47-33(42)22-10-8-21(9-11-22)18-50-32-24(14-25(36)16-28(32)46-5)17-37-40-29(41)19-49-26-13-12-23(15-27(26)45-4)31-30(34(43)48-7-2)20(3)38-35(44)39-31/h8-17,31H,6-7,18-19H2,1-5H3,(H,40,41)(H2,38,39,44)/b37-17+/t31-/m0/s1. The zero-order valence-corrected chi connectivity index (χ0v) is 29.7. The molecular formula is C35H37BrN4O10. The van der Waals surface area contributed by atoms with E-state index in [1.165, 1.54) is 20.4 Å². The van der Waals surface area contributed by atoms with E-state index >= 15 is 0 Å². The molecule has 15 heteroatoms. The Balaban J connectivity index is 1.41. The van der Waals surface area contributed by atoms with Crippen LogP contribution in [0.25, 0.3) is 0 Å². The molecule has 0 bridgehead atoms. The van der Waals surface area contributed by atoms with Crippen LogP contribution in [0.1, 0.15) is 53.9 Å². The van der Waals surface area contributed by atoms with Gasteiger partial charge in [-0.25, -0.2) is 19.8 Å². The number of esters is 2. The molecule has 0 fully saturated rings. The topological polar surface area (TPSA) is 172 Å². The average Bonchev–Trinajstić information content (AvgIpc) is 3.10. The lowest BCUT2D eigenvalue weighted by Gasteiger charge is -2.28. The van der Waals surface area contributed by atoms with Gasteiger partial charge < -0.3 is 39.1 Å². The number of nitrogens with zero attached hydrogens (tertiary/aromatic N) is 1. The van der Waals surface area contributed by atoms with Gasteiger partial charge in [-0.05, 0) is 68.3 Å². The number of hydrazone groups is 1. The number of carbonyl (C=O) groups is 4. The Kier molecular flexibility index (Phi) is 13.2. The Bertz CT molecular complexity index is 1790. The van der Waals surface area contributed by atoms with E-state index in [2.05, 4.69) is 37.1 Å². The van der Waals surface area contributed by atoms with Crippen LogP contribution < -0.4 is 35.0 Å². The minimum atomic E-state index is -0.800. The predicted molar refractivity (Wildman–Crippen MR) is 185 cm³/mol. The van der Waals surface area contributed by atoms with E-state index in [1.54, 1.807) is 75.4 Å². The van der Waals surface area contributed by atoms with E-state index in [4.69, 9.17) is 28.4 Å². The largest absolute Gasteiger partial charge is 0.493 e. The van der Waals surface area contributed by atoms with Crippen molar-refractivity contribution in [1.82, 2.24) is 16.1 Å². The summed E-state index contributed by atoms with van der Waals surface area (Å²) in [5, 5.41) is 9.39. The fourth-order valence-electron chi connectivity index (χ4n) is 4.85. The highest BCUT2D eigenvalue weighted by Gasteiger charge is 2.32.